The monoisotopic (exact) mass is 148 g/mol. The van der Waals surface area contributed by atoms with Crippen LogP contribution in [0.4, 0.5) is 0 Å². The fraction of sp³-hybridized carbons (Fsp3) is 0.636. The van der Waals surface area contributed by atoms with Gasteiger partial charge in [0.2, 0.25) is 0 Å². The van der Waals surface area contributed by atoms with E-state index in [0.717, 1.165) is 11.8 Å². The Morgan fingerprint density at radius 3 is 2.27 bits per heavy atom. The van der Waals surface area contributed by atoms with E-state index >= 15 is 0 Å². The van der Waals surface area contributed by atoms with Crippen LogP contribution in [-0.2, 0) is 0 Å². The molecular formula is C11H16. The first kappa shape index (κ1) is 7.15. The molecule has 2 aliphatic carbocycles. The second-order valence-electron chi connectivity index (χ2n) is 4.64. The molecule has 0 N–H and O–H groups in total. The molecular weight excluding hydrogens is 132 g/mol. The molecule has 0 amide bonds. The Labute approximate surface area is 69.0 Å². The van der Waals surface area contributed by atoms with Crippen molar-refractivity contribution in [1.29, 1.82) is 0 Å². The molecule has 2 aliphatic rings. The van der Waals surface area contributed by atoms with Crippen molar-refractivity contribution in [2.75, 3.05) is 0 Å². The Bertz CT molecular complexity index is 249. The maximum atomic E-state index is 2.38. The average molecular weight is 148 g/mol. The summed E-state index contributed by atoms with van der Waals surface area (Å²) >= 11 is 0. The molecule has 2 atom stereocenters. The third-order valence-corrected chi connectivity index (χ3v) is 3.31. The van der Waals surface area contributed by atoms with Gasteiger partial charge in [0, 0.05) is 0 Å². The smallest absolute Gasteiger partial charge is 0.00372 e. The molecule has 60 valence electrons. The van der Waals surface area contributed by atoms with E-state index in [4.69, 9.17) is 0 Å². The molecule has 0 bridgehead atoms. The highest BCUT2D eigenvalue weighted by Gasteiger charge is 2.59. The highest BCUT2D eigenvalue weighted by molar-refractivity contribution is 5.44. The Kier molecular flexibility index (Phi) is 1.17. The summed E-state index contributed by atoms with van der Waals surface area (Å²) in [7, 11) is 0. The van der Waals surface area contributed by atoms with Gasteiger partial charge in [0.15, 0.2) is 0 Å². The summed E-state index contributed by atoms with van der Waals surface area (Å²) in [6.45, 7) is 9.18. The van der Waals surface area contributed by atoms with Crippen molar-refractivity contribution in [3.8, 4) is 0 Å². The van der Waals surface area contributed by atoms with Crippen LogP contribution in [0.25, 0.3) is 0 Å². The molecule has 11 heavy (non-hydrogen) atoms. The van der Waals surface area contributed by atoms with Crippen LogP contribution in [0.3, 0.4) is 0 Å². The molecule has 0 saturated heterocycles. The zero-order valence-electron chi connectivity index (χ0n) is 7.81. The number of hydrogen-bond acceptors (Lipinski definition) is 0. The standard InChI is InChI=1S/C11H16/c1-7(2)8-5-6-9-10(8)11(9,3)4/h5-6,9-10H,1-4H3. The second-order valence-corrected chi connectivity index (χ2v) is 4.64. The first-order valence-corrected chi connectivity index (χ1v) is 4.40. The van der Waals surface area contributed by atoms with Crippen molar-refractivity contribution in [2.45, 2.75) is 27.7 Å². The van der Waals surface area contributed by atoms with Crippen LogP contribution in [0.5, 0.6) is 0 Å². The van der Waals surface area contributed by atoms with Gasteiger partial charge < -0.3 is 0 Å². The molecule has 0 radical (unpaired) electrons. The molecule has 2 rings (SSSR count). The van der Waals surface area contributed by atoms with Crippen LogP contribution in [0, 0.1) is 17.3 Å². The van der Waals surface area contributed by atoms with Crippen molar-refractivity contribution >= 4 is 0 Å². The molecule has 0 aliphatic heterocycles. The van der Waals surface area contributed by atoms with Crippen molar-refractivity contribution in [2.24, 2.45) is 17.3 Å². The summed E-state index contributed by atoms with van der Waals surface area (Å²) in [6.07, 6.45) is 4.70. The van der Waals surface area contributed by atoms with Gasteiger partial charge in [0.05, 0.1) is 0 Å². The van der Waals surface area contributed by atoms with Crippen molar-refractivity contribution in [3.63, 3.8) is 0 Å². The maximum absolute atomic E-state index is 2.38. The van der Waals surface area contributed by atoms with E-state index in [1.54, 1.807) is 5.57 Å². The Balaban J connectivity index is 2.35. The average Bonchev–Trinajstić information content (AvgIpc) is 2.34. The lowest BCUT2D eigenvalue weighted by Gasteiger charge is -2.06. The molecule has 0 spiro atoms. The molecule has 0 aromatic heterocycles. The molecule has 0 nitrogen and oxygen atoms in total. The predicted octanol–water partition coefficient (Wildman–Crippen LogP) is 3.16. The van der Waals surface area contributed by atoms with Gasteiger partial charge in [0.25, 0.3) is 0 Å². The molecule has 0 heteroatoms. The van der Waals surface area contributed by atoms with E-state index in [1.807, 2.05) is 0 Å². The van der Waals surface area contributed by atoms with Crippen molar-refractivity contribution in [3.05, 3.63) is 23.3 Å². The van der Waals surface area contributed by atoms with Gasteiger partial charge in [-0.15, -0.1) is 0 Å². The number of fused-ring (bicyclic) bond motifs is 1. The quantitative estimate of drug-likeness (QED) is 0.495. The lowest BCUT2D eigenvalue weighted by Crippen LogP contribution is -1.95. The number of hydrogen-bond donors (Lipinski definition) is 0. The second kappa shape index (κ2) is 1.80. The van der Waals surface area contributed by atoms with E-state index in [1.165, 1.54) is 5.57 Å². The Hall–Kier alpha value is -0.520. The van der Waals surface area contributed by atoms with Crippen molar-refractivity contribution < 1.29 is 0 Å². The van der Waals surface area contributed by atoms with Gasteiger partial charge in [-0.3, -0.25) is 0 Å². The molecule has 0 aromatic carbocycles. The highest BCUT2D eigenvalue weighted by atomic mass is 14.6. The zero-order valence-corrected chi connectivity index (χ0v) is 7.81. The molecule has 1 fully saturated rings. The highest BCUT2D eigenvalue weighted by Crippen LogP contribution is 2.66. The SMILES string of the molecule is CC(C)=C1C=CC2C1C2(C)C. The van der Waals surface area contributed by atoms with Crippen LogP contribution in [0.1, 0.15) is 27.7 Å². The topological polar surface area (TPSA) is 0 Å². The summed E-state index contributed by atoms with van der Waals surface area (Å²) < 4.78 is 0. The summed E-state index contributed by atoms with van der Waals surface area (Å²) in [6, 6.07) is 0. The summed E-state index contributed by atoms with van der Waals surface area (Å²) in [4.78, 5) is 0. The van der Waals surface area contributed by atoms with Crippen LogP contribution >= 0.6 is 0 Å². The zero-order chi connectivity index (χ0) is 8.22. The van der Waals surface area contributed by atoms with Crippen LogP contribution in [0.15, 0.2) is 23.3 Å². The minimum atomic E-state index is 0.571. The van der Waals surface area contributed by atoms with E-state index in [0.29, 0.717) is 5.41 Å². The Morgan fingerprint density at radius 1 is 1.36 bits per heavy atom. The van der Waals surface area contributed by atoms with Gasteiger partial charge >= 0.3 is 0 Å². The Morgan fingerprint density at radius 2 is 2.00 bits per heavy atom. The van der Waals surface area contributed by atoms with Crippen LogP contribution in [-0.4, -0.2) is 0 Å². The number of allylic oxidation sites excluding steroid dienone is 4. The molecule has 1 saturated carbocycles. The number of rotatable bonds is 0. The third kappa shape index (κ3) is 0.756. The van der Waals surface area contributed by atoms with Crippen molar-refractivity contribution in [1.82, 2.24) is 0 Å². The summed E-state index contributed by atoms with van der Waals surface area (Å²) in [5.41, 5.74) is 3.67. The van der Waals surface area contributed by atoms with E-state index in [9.17, 15) is 0 Å². The lowest BCUT2D eigenvalue weighted by atomic mass is 9.98. The van der Waals surface area contributed by atoms with Gasteiger partial charge in [0.1, 0.15) is 0 Å². The molecule has 2 unspecified atom stereocenters. The lowest BCUT2D eigenvalue weighted by molar-refractivity contribution is 0.573. The van der Waals surface area contributed by atoms with Gasteiger partial charge in [-0.2, -0.15) is 0 Å². The van der Waals surface area contributed by atoms with Crippen LogP contribution < -0.4 is 0 Å². The summed E-state index contributed by atoms with van der Waals surface area (Å²) in [5.74, 6) is 1.71. The fourth-order valence-electron chi connectivity index (χ4n) is 2.42. The third-order valence-electron chi connectivity index (χ3n) is 3.31. The maximum Gasteiger partial charge on any atom is -0.00372 e. The minimum absolute atomic E-state index is 0.571. The fourth-order valence-corrected chi connectivity index (χ4v) is 2.42. The predicted molar refractivity (Wildman–Crippen MR) is 48.3 cm³/mol. The van der Waals surface area contributed by atoms with Gasteiger partial charge in [-0.05, 0) is 36.7 Å². The van der Waals surface area contributed by atoms with E-state index in [-0.39, 0.29) is 0 Å². The minimum Gasteiger partial charge on any atom is -0.0799 e. The molecule has 0 heterocycles. The van der Waals surface area contributed by atoms with Gasteiger partial charge in [-0.1, -0.05) is 31.6 Å². The van der Waals surface area contributed by atoms with E-state index < -0.39 is 0 Å². The largest absolute Gasteiger partial charge is 0.0799 e. The normalized spacial score (nSPS) is 37.3. The molecule has 0 aromatic rings. The summed E-state index contributed by atoms with van der Waals surface area (Å²) in [5, 5.41) is 0. The van der Waals surface area contributed by atoms with E-state index in [2.05, 4.69) is 39.8 Å². The first-order valence-electron chi connectivity index (χ1n) is 4.40. The van der Waals surface area contributed by atoms with Gasteiger partial charge in [-0.25, -0.2) is 0 Å². The van der Waals surface area contributed by atoms with Crippen LogP contribution in [0.2, 0.25) is 0 Å². The first-order chi connectivity index (χ1) is 5.05.